The molecule has 1 aromatic carbocycles. The Morgan fingerprint density at radius 1 is 1.32 bits per heavy atom. The van der Waals surface area contributed by atoms with Gasteiger partial charge in [0.2, 0.25) is 0 Å². The molecular formula is C24H36ClN5O. The normalized spacial score (nSPS) is 17.4. The number of nitrogens with zero attached hydrogens (tertiary/aromatic N) is 3. The van der Waals surface area contributed by atoms with Crippen LogP contribution in [0.5, 0.6) is 0 Å². The Labute approximate surface area is 191 Å². The minimum absolute atomic E-state index is 0.0503. The predicted octanol–water partition coefficient (Wildman–Crippen LogP) is 3.92. The molecule has 7 heteroatoms. The van der Waals surface area contributed by atoms with Gasteiger partial charge in [-0.2, -0.15) is 5.10 Å². The number of aliphatic imine (C=N–C) groups is 1. The fourth-order valence-electron chi connectivity index (χ4n) is 4.37. The summed E-state index contributed by atoms with van der Waals surface area (Å²) in [7, 11) is 2.00. The van der Waals surface area contributed by atoms with E-state index in [9.17, 15) is 0 Å². The molecule has 0 aliphatic carbocycles. The Hall–Kier alpha value is -2.05. The predicted molar refractivity (Wildman–Crippen MR) is 128 cm³/mol. The lowest BCUT2D eigenvalue weighted by Crippen LogP contribution is -2.45. The fraction of sp³-hybridized carbons (Fsp3) is 0.583. The van der Waals surface area contributed by atoms with Crippen molar-refractivity contribution in [2.45, 2.75) is 58.4 Å². The standard InChI is InChI=1S/C24H36ClN5O/c1-6-26-23(28-17(2)14-22-18(3)29-30(5)19(22)4)27-16-24(10-12-31-13-11-24)20-8-7-9-21(25)15-20/h7-9,15,17H,6,10-14,16H2,1-5H3,(H2,26,27,28). The van der Waals surface area contributed by atoms with Crippen molar-refractivity contribution < 1.29 is 4.74 Å². The molecule has 31 heavy (non-hydrogen) atoms. The lowest BCUT2D eigenvalue weighted by molar-refractivity contribution is 0.0531. The summed E-state index contributed by atoms with van der Waals surface area (Å²) >= 11 is 6.31. The molecule has 0 saturated carbocycles. The summed E-state index contributed by atoms with van der Waals surface area (Å²) in [4.78, 5) is 5.02. The Morgan fingerprint density at radius 2 is 2.06 bits per heavy atom. The minimum Gasteiger partial charge on any atom is -0.381 e. The second-order valence-electron chi connectivity index (χ2n) is 8.62. The van der Waals surface area contributed by atoms with E-state index in [0.717, 1.165) is 55.7 Å². The summed E-state index contributed by atoms with van der Waals surface area (Å²) in [5.41, 5.74) is 4.81. The number of guanidine groups is 1. The van der Waals surface area contributed by atoms with E-state index in [2.05, 4.69) is 55.6 Å². The monoisotopic (exact) mass is 445 g/mol. The van der Waals surface area contributed by atoms with Crippen LogP contribution in [0.4, 0.5) is 0 Å². The van der Waals surface area contributed by atoms with Crippen LogP contribution in [-0.2, 0) is 23.6 Å². The van der Waals surface area contributed by atoms with Crippen molar-refractivity contribution in [1.82, 2.24) is 20.4 Å². The number of aryl methyl sites for hydroxylation is 2. The molecule has 1 fully saturated rings. The van der Waals surface area contributed by atoms with Crippen molar-refractivity contribution in [1.29, 1.82) is 0 Å². The third-order valence-corrected chi connectivity index (χ3v) is 6.56. The number of aromatic nitrogens is 2. The van der Waals surface area contributed by atoms with Gasteiger partial charge in [0.05, 0.1) is 12.2 Å². The molecule has 1 aliphatic rings. The average Bonchev–Trinajstić information content (AvgIpc) is 2.99. The first-order valence-electron chi connectivity index (χ1n) is 11.2. The van der Waals surface area contributed by atoms with Crippen molar-refractivity contribution in [2.75, 3.05) is 26.3 Å². The Balaban J connectivity index is 1.76. The lowest BCUT2D eigenvalue weighted by Gasteiger charge is -2.37. The smallest absolute Gasteiger partial charge is 0.191 e. The molecule has 0 radical (unpaired) electrons. The van der Waals surface area contributed by atoms with Crippen LogP contribution in [-0.4, -0.2) is 48.1 Å². The second kappa shape index (κ2) is 10.5. The molecule has 1 aromatic heterocycles. The Morgan fingerprint density at radius 3 is 2.68 bits per heavy atom. The van der Waals surface area contributed by atoms with Crippen LogP contribution in [0.15, 0.2) is 29.3 Å². The largest absolute Gasteiger partial charge is 0.381 e. The SMILES string of the molecule is CCNC(=NCC1(c2cccc(Cl)c2)CCOCC1)NC(C)Cc1c(C)nn(C)c1C. The molecule has 2 heterocycles. The van der Waals surface area contributed by atoms with Crippen molar-refractivity contribution in [2.24, 2.45) is 12.0 Å². The van der Waals surface area contributed by atoms with E-state index in [1.165, 1.54) is 16.8 Å². The van der Waals surface area contributed by atoms with Gasteiger partial charge in [-0.05, 0) is 70.2 Å². The maximum atomic E-state index is 6.31. The number of nitrogens with one attached hydrogen (secondary N) is 2. The highest BCUT2D eigenvalue weighted by atomic mass is 35.5. The van der Waals surface area contributed by atoms with Crippen molar-refractivity contribution in [3.05, 3.63) is 51.8 Å². The van der Waals surface area contributed by atoms with Crippen LogP contribution in [0, 0.1) is 13.8 Å². The van der Waals surface area contributed by atoms with Crippen LogP contribution < -0.4 is 10.6 Å². The maximum Gasteiger partial charge on any atom is 0.191 e. The number of rotatable bonds is 7. The van der Waals surface area contributed by atoms with E-state index in [0.29, 0.717) is 6.54 Å². The van der Waals surface area contributed by atoms with Gasteiger partial charge in [0.15, 0.2) is 5.96 Å². The molecule has 6 nitrogen and oxygen atoms in total. The van der Waals surface area contributed by atoms with Gasteiger partial charge in [-0.15, -0.1) is 0 Å². The molecule has 170 valence electrons. The highest BCUT2D eigenvalue weighted by molar-refractivity contribution is 6.30. The van der Waals surface area contributed by atoms with E-state index in [1.807, 2.05) is 23.9 Å². The summed E-state index contributed by atoms with van der Waals surface area (Å²) in [5, 5.41) is 12.3. The zero-order chi connectivity index (χ0) is 22.4. The maximum absolute atomic E-state index is 6.31. The number of hydrogen-bond acceptors (Lipinski definition) is 3. The van der Waals surface area contributed by atoms with Gasteiger partial charge in [0, 0.05) is 49.0 Å². The fourth-order valence-corrected chi connectivity index (χ4v) is 4.56. The minimum atomic E-state index is -0.0503. The summed E-state index contributed by atoms with van der Waals surface area (Å²) < 4.78 is 7.62. The first-order chi connectivity index (χ1) is 14.8. The van der Waals surface area contributed by atoms with E-state index in [1.54, 1.807) is 0 Å². The van der Waals surface area contributed by atoms with E-state index in [-0.39, 0.29) is 11.5 Å². The highest BCUT2D eigenvalue weighted by Crippen LogP contribution is 2.36. The Kier molecular flexibility index (Phi) is 8.00. The van der Waals surface area contributed by atoms with Gasteiger partial charge < -0.3 is 15.4 Å². The average molecular weight is 446 g/mol. The van der Waals surface area contributed by atoms with Crippen molar-refractivity contribution in [3.8, 4) is 0 Å². The van der Waals surface area contributed by atoms with Crippen LogP contribution in [0.3, 0.4) is 0 Å². The molecule has 1 aliphatic heterocycles. The van der Waals surface area contributed by atoms with E-state index in [4.69, 9.17) is 21.3 Å². The quantitative estimate of drug-likeness (QED) is 0.500. The topological polar surface area (TPSA) is 63.5 Å². The first kappa shape index (κ1) is 23.6. The van der Waals surface area contributed by atoms with Crippen LogP contribution in [0.2, 0.25) is 5.02 Å². The summed E-state index contributed by atoms with van der Waals surface area (Å²) in [6.45, 7) is 11.5. The van der Waals surface area contributed by atoms with Gasteiger partial charge in [-0.3, -0.25) is 9.67 Å². The molecule has 1 atom stereocenters. The molecular weight excluding hydrogens is 410 g/mol. The van der Waals surface area contributed by atoms with E-state index >= 15 is 0 Å². The molecule has 0 bridgehead atoms. The van der Waals surface area contributed by atoms with E-state index < -0.39 is 0 Å². The zero-order valence-electron chi connectivity index (χ0n) is 19.5. The van der Waals surface area contributed by atoms with Crippen LogP contribution in [0.1, 0.15) is 49.2 Å². The van der Waals surface area contributed by atoms with Gasteiger partial charge >= 0.3 is 0 Å². The number of halogens is 1. The Bertz CT molecular complexity index is 901. The third kappa shape index (κ3) is 5.80. The van der Waals surface area contributed by atoms with Crippen molar-refractivity contribution >= 4 is 17.6 Å². The first-order valence-corrected chi connectivity index (χ1v) is 11.6. The molecule has 1 saturated heterocycles. The third-order valence-electron chi connectivity index (χ3n) is 6.32. The molecule has 0 spiro atoms. The lowest BCUT2D eigenvalue weighted by atomic mass is 9.74. The number of hydrogen-bond donors (Lipinski definition) is 2. The summed E-state index contributed by atoms with van der Waals surface area (Å²) in [5.74, 6) is 0.849. The van der Waals surface area contributed by atoms with Crippen LogP contribution >= 0.6 is 11.6 Å². The molecule has 2 aromatic rings. The van der Waals surface area contributed by atoms with Gasteiger partial charge in [-0.25, -0.2) is 0 Å². The number of benzene rings is 1. The van der Waals surface area contributed by atoms with Gasteiger partial charge in [0.1, 0.15) is 0 Å². The molecule has 2 N–H and O–H groups in total. The second-order valence-corrected chi connectivity index (χ2v) is 9.06. The summed E-state index contributed by atoms with van der Waals surface area (Å²) in [6, 6.07) is 8.44. The number of ether oxygens (including phenoxy) is 1. The highest BCUT2D eigenvalue weighted by Gasteiger charge is 2.34. The molecule has 3 rings (SSSR count). The van der Waals surface area contributed by atoms with Gasteiger partial charge in [0.25, 0.3) is 0 Å². The zero-order valence-corrected chi connectivity index (χ0v) is 20.2. The van der Waals surface area contributed by atoms with Gasteiger partial charge in [-0.1, -0.05) is 23.7 Å². The summed E-state index contributed by atoms with van der Waals surface area (Å²) in [6.07, 6.45) is 2.79. The molecule has 0 amide bonds. The van der Waals surface area contributed by atoms with Crippen LogP contribution in [0.25, 0.3) is 0 Å². The van der Waals surface area contributed by atoms with Crippen molar-refractivity contribution in [3.63, 3.8) is 0 Å². The molecule has 1 unspecified atom stereocenters.